The number of aliphatic carboxylic acids is 1. The molecule has 1 aliphatic carbocycles. The molecule has 13 heteroatoms. The third-order valence-electron chi connectivity index (χ3n) is 5.89. The minimum absolute atomic E-state index is 0. The molecule has 0 unspecified atom stereocenters. The van der Waals surface area contributed by atoms with Gasteiger partial charge < -0.3 is 15.3 Å². The zero-order valence-corrected chi connectivity index (χ0v) is 19.1. The van der Waals surface area contributed by atoms with E-state index >= 15 is 0 Å². The second kappa shape index (κ2) is 10.4. The molecule has 5 rings (SSSR count). The van der Waals surface area contributed by atoms with Crippen LogP contribution in [0.1, 0.15) is 19.3 Å². The molecule has 3 amide bonds. The van der Waals surface area contributed by atoms with Gasteiger partial charge in [-0.25, -0.2) is 14.8 Å². The molecule has 34 heavy (non-hydrogen) atoms. The third kappa shape index (κ3) is 4.92. The van der Waals surface area contributed by atoms with Gasteiger partial charge in [-0.15, -0.1) is 11.8 Å². The molecule has 1 aromatic heterocycles. The summed E-state index contributed by atoms with van der Waals surface area (Å²) in [6.45, 7) is 0.656. The molecule has 0 radical (unpaired) electrons. The molecule has 1 aromatic rings. The van der Waals surface area contributed by atoms with Crippen molar-refractivity contribution in [1.82, 2.24) is 25.1 Å². The molecule has 174 valence electrons. The second-order valence-electron chi connectivity index (χ2n) is 8.10. The average molecular weight is 512 g/mol. The Kier molecular flexibility index (Phi) is 7.72. The Bertz CT molecular complexity index is 1090. The van der Waals surface area contributed by atoms with Gasteiger partial charge in [0.05, 0.1) is 5.75 Å². The summed E-state index contributed by atoms with van der Waals surface area (Å²) in [5.41, 5.74) is 0.943. The van der Waals surface area contributed by atoms with Gasteiger partial charge in [0.15, 0.2) is 5.16 Å². The first kappa shape index (κ1) is 25.2. The van der Waals surface area contributed by atoms with Gasteiger partial charge in [-0.1, -0.05) is 11.8 Å². The molecule has 4 aliphatic rings. The van der Waals surface area contributed by atoms with Crippen LogP contribution in [0.2, 0.25) is 0 Å². The number of carbonyl (C=O) groups excluding carboxylic acids is 3. The number of carboxylic acid groups (broad SMARTS) is 1. The summed E-state index contributed by atoms with van der Waals surface area (Å²) in [5.74, 6) is -1.68. The van der Waals surface area contributed by atoms with Crippen molar-refractivity contribution in [1.29, 1.82) is 0 Å². The predicted molar refractivity (Wildman–Crippen MR) is 127 cm³/mol. The van der Waals surface area contributed by atoms with E-state index in [-0.39, 0.29) is 52.8 Å². The van der Waals surface area contributed by atoms with Crippen LogP contribution in [0, 0.1) is 0 Å². The molecular weight excluding hydrogens is 489 g/mol. The maximum atomic E-state index is 12.8. The van der Waals surface area contributed by atoms with Gasteiger partial charge in [-0.2, -0.15) is 0 Å². The number of rotatable bonds is 7. The minimum atomic E-state index is -1.22. The van der Waals surface area contributed by atoms with E-state index in [1.807, 2.05) is 4.90 Å². The van der Waals surface area contributed by atoms with Crippen molar-refractivity contribution < 1.29 is 24.3 Å². The quantitative estimate of drug-likeness (QED) is 0.170. The number of likely N-dealkylation sites (tertiary alicyclic amines) is 1. The number of β-lactam (4-membered cyclic amide) rings is 1. The Morgan fingerprint density at radius 1 is 1.26 bits per heavy atom. The van der Waals surface area contributed by atoms with Gasteiger partial charge in [0.1, 0.15) is 17.1 Å². The normalized spacial score (nSPS) is 25.1. The van der Waals surface area contributed by atoms with Crippen LogP contribution in [0.3, 0.4) is 0 Å². The number of hydrogen-bond donors (Lipinski definition) is 2. The Labute approximate surface area is 226 Å². The first-order chi connectivity index (χ1) is 15.9. The molecule has 4 heterocycles. The summed E-state index contributed by atoms with van der Waals surface area (Å²) in [6.07, 6.45) is 7.42. The van der Waals surface area contributed by atoms with Crippen molar-refractivity contribution in [2.75, 3.05) is 18.1 Å². The number of amides is 3. The number of hydrogen-bond acceptors (Lipinski definition) is 8. The van der Waals surface area contributed by atoms with Gasteiger partial charge in [-0.05, 0) is 37.0 Å². The predicted octanol–water partition coefficient (Wildman–Crippen LogP) is -0.0201. The number of nitrogens with one attached hydrogen (secondary N) is 1. The molecular formula is C21H22N5NaO5S2. The van der Waals surface area contributed by atoms with Crippen LogP contribution in [0.25, 0.3) is 0 Å². The van der Waals surface area contributed by atoms with Gasteiger partial charge in [0.2, 0.25) is 11.8 Å². The number of aromatic nitrogens is 2. The number of carboxylic acids is 1. The molecule has 3 fully saturated rings. The number of nitrogens with zero attached hydrogens (tertiary/aromatic N) is 4. The van der Waals surface area contributed by atoms with E-state index in [0.29, 0.717) is 41.1 Å². The van der Waals surface area contributed by atoms with E-state index in [1.54, 1.807) is 24.5 Å². The first-order valence-corrected chi connectivity index (χ1v) is 12.6. The molecule has 2 saturated heterocycles. The molecule has 10 nitrogen and oxygen atoms in total. The van der Waals surface area contributed by atoms with E-state index in [0.717, 1.165) is 24.6 Å². The zero-order chi connectivity index (χ0) is 23.1. The van der Waals surface area contributed by atoms with Gasteiger partial charge in [-0.3, -0.25) is 19.3 Å². The van der Waals surface area contributed by atoms with Crippen LogP contribution in [0.5, 0.6) is 0 Å². The fourth-order valence-corrected chi connectivity index (χ4v) is 6.09. The van der Waals surface area contributed by atoms with Crippen molar-refractivity contribution in [3.63, 3.8) is 0 Å². The summed E-state index contributed by atoms with van der Waals surface area (Å²) in [7, 11) is 0. The van der Waals surface area contributed by atoms with Crippen LogP contribution < -0.4 is 5.32 Å². The fourth-order valence-electron chi connectivity index (χ4n) is 4.17. The van der Waals surface area contributed by atoms with Crippen LogP contribution >= 0.6 is 23.5 Å². The van der Waals surface area contributed by atoms with Crippen molar-refractivity contribution in [2.45, 2.75) is 41.9 Å². The van der Waals surface area contributed by atoms with E-state index in [4.69, 9.17) is 0 Å². The maximum absolute atomic E-state index is 12.8. The van der Waals surface area contributed by atoms with Gasteiger partial charge in [0, 0.05) is 36.3 Å². The zero-order valence-electron chi connectivity index (χ0n) is 17.5. The fraction of sp³-hybridized carbons (Fsp3) is 0.429. The number of carbonyl (C=O) groups is 4. The molecule has 0 aromatic carbocycles. The van der Waals surface area contributed by atoms with Crippen LogP contribution in [0.4, 0.5) is 0 Å². The standard InChI is InChI=1S/C21H21N5O5S2.Na.H/c27-14(10-33-21-22-5-1-6-23-21)24-15-18(29)26-16(20(30)31)12(9-32-19(15)26)8-11-4-7-25(17(11)28)13-2-3-13;;/h1,5-6,8,13,15,19H,2-4,7,9-10H2,(H,24,27)(H,30,31);;/b11-8+;;/t15-,19-;;/m1../s1. The summed E-state index contributed by atoms with van der Waals surface area (Å²) in [4.78, 5) is 60.9. The third-order valence-corrected chi connectivity index (χ3v) is 8.06. The number of thioether (sulfide) groups is 2. The molecule has 0 bridgehead atoms. The second-order valence-corrected chi connectivity index (χ2v) is 10.2. The summed E-state index contributed by atoms with van der Waals surface area (Å²) in [5, 5.41) is 12.5. The van der Waals surface area contributed by atoms with Crippen molar-refractivity contribution in [3.8, 4) is 0 Å². The topological polar surface area (TPSA) is 133 Å². The molecule has 1 saturated carbocycles. The molecule has 2 N–H and O–H groups in total. The Balaban J connectivity index is 0.00000274. The van der Waals surface area contributed by atoms with Crippen LogP contribution in [-0.4, -0.2) is 114 Å². The average Bonchev–Trinajstić information content (AvgIpc) is 3.59. The van der Waals surface area contributed by atoms with Gasteiger partial charge in [0.25, 0.3) is 5.91 Å². The number of allylic oxidation sites excluding steroid dienone is 1. The molecule has 0 spiro atoms. The Morgan fingerprint density at radius 2 is 2.00 bits per heavy atom. The number of fused-ring (bicyclic) bond motifs is 1. The summed E-state index contributed by atoms with van der Waals surface area (Å²) < 4.78 is 0. The van der Waals surface area contributed by atoms with Crippen LogP contribution in [-0.2, 0) is 19.2 Å². The van der Waals surface area contributed by atoms with Gasteiger partial charge >= 0.3 is 35.5 Å². The monoisotopic (exact) mass is 511 g/mol. The first-order valence-electron chi connectivity index (χ1n) is 10.6. The van der Waals surface area contributed by atoms with Crippen LogP contribution in [0.15, 0.2) is 46.5 Å². The molecule has 2 atom stereocenters. The summed E-state index contributed by atoms with van der Waals surface area (Å²) >= 11 is 2.54. The van der Waals surface area contributed by atoms with Crippen molar-refractivity contribution >= 4 is 76.8 Å². The Hall–Kier alpha value is -1.86. The SMILES string of the molecule is O=C(CSc1ncccn1)N[C@@H]1C(=O)N2C(C(=O)O)=C(/C=C3\CCN(C4CC4)C3=O)CS[C@H]12.[NaH]. The summed E-state index contributed by atoms with van der Waals surface area (Å²) in [6, 6.07) is 1.20. The van der Waals surface area contributed by atoms with E-state index < -0.39 is 23.3 Å². The Morgan fingerprint density at radius 3 is 2.68 bits per heavy atom. The van der Waals surface area contributed by atoms with Crippen molar-refractivity contribution in [2.24, 2.45) is 0 Å². The molecule has 3 aliphatic heterocycles. The van der Waals surface area contributed by atoms with Crippen molar-refractivity contribution in [3.05, 3.63) is 41.4 Å². The van der Waals surface area contributed by atoms with E-state index in [9.17, 15) is 24.3 Å². The van der Waals surface area contributed by atoms with E-state index in [2.05, 4.69) is 15.3 Å². The van der Waals surface area contributed by atoms with E-state index in [1.165, 1.54) is 16.7 Å².